The summed E-state index contributed by atoms with van der Waals surface area (Å²) in [6.07, 6.45) is 89.1. The molecule has 0 aliphatic carbocycles. The predicted molar refractivity (Wildman–Crippen MR) is 347 cm³/mol. The van der Waals surface area contributed by atoms with E-state index in [0.717, 1.165) is 51.4 Å². The quantitative estimate of drug-likeness (QED) is 0.0320. The maximum Gasteiger partial charge on any atom is 0.305 e. The fourth-order valence-corrected chi connectivity index (χ4v) is 10.9. The van der Waals surface area contributed by atoms with Gasteiger partial charge in [-0.25, -0.2) is 0 Å². The number of aliphatic hydroxyl groups excluding tert-OH is 2. The first-order valence-corrected chi connectivity index (χ1v) is 35.4. The molecule has 2 atom stereocenters. The van der Waals surface area contributed by atoms with E-state index in [9.17, 15) is 19.8 Å². The third-order valence-electron chi connectivity index (χ3n) is 16.3. The SMILES string of the molecule is CCCCC/C=C\C/C=C\CCCCCCCCCC(=O)OCCCCCCCCCCCCCC/C=C\CCCCCCCCCCCCCCCCCC(=O)NC(CO)C(O)/C=C/CCCCCCCCCCCCCC. The number of allylic oxidation sites excluding steroid dienone is 7. The van der Waals surface area contributed by atoms with Crippen molar-refractivity contribution in [2.24, 2.45) is 0 Å². The molecule has 2 unspecified atom stereocenters. The third kappa shape index (κ3) is 64.8. The summed E-state index contributed by atoms with van der Waals surface area (Å²) >= 11 is 0. The molecule has 3 N–H and O–H groups in total. The molecule has 0 bridgehead atoms. The van der Waals surface area contributed by atoms with Crippen molar-refractivity contribution >= 4 is 11.9 Å². The maximum absolute atomic E-state index is 12.5. The number of esters is 1. The molecule has 0 fully saturated rings. The molecular weight excluding hydrogens is 971 g/mol. The Labute approximate surface area is 493 Å². The predicted octanol–water partition coefficient (Wildman–Crippen LogP) is 22.9. The summed E-state index contributed by atoms with van der Waals surface area (Å²) in [5.74, 6) is -0.0549. The number of hydrogen-bond acceptors (Lipinski definition) is 5. The van der Waals surface area contributed by atoms with Gasteiger partial charge in [-0.2, -0.15) is 0 Å². The van der Waals surface area contributed by atoms with E-state index in [1.54, 1.807) is 6.08 Å². The highest BCUT2D eigenvalue weighted by molar-refractivity contribution is 5.76. The molecule has 0 heterocycles. The van der Waals surface area contributed by atoms with Gasteiger partial charge in [0.25, 0.3) is 0 Å². The van der Waals surface area contributed by atoms with Crippen molar-refractivity contribution in [2.45, 2.75) is 392 Å². The second-order valence-electron chi connectivity index (χ2n) is 24.2. The summed E-state index contributed by atoms with van der Waals surface area (Å²) in [7, 11) is 0. The standard InChI is InChI=1S/C73H137NO5/c1-3-5-7-9-11-13-15-17-19-35-39-43-47-51-55-59-63-67-73(78)79-68-64-60-56-52-48-44-40-37-34-32-30-28-26-24-22-20-21-23-25-27-29-31-33-36-38-42-46-50-54-58-62-66-72(77)74-70(69-75)71(76)65-61-57-53-49-45-41-18-16-14-12-10-8-6-4-2/h11,13,17,19,22,24,61,65,70-71,75-76H,3-10,12,14-16,18,20-21,23,25-60,62-64,66-69H2,1-2H3,(H,74,77)/b13-11-,19-17-,24-22-,65-61+. The molecule has 1 amide bonds. The van der Waals surface area contributed by atoms with Crippen LogP contribution in [0.15, 0.2) is 48.6 Å². The van der Waals surface area contributed by atoms with Crippen LogP contribution in [0.25, 0.3) is 0 Å². The van der Waals surface area contributed by atoms with Crippen molar-refractivity contribution in [1.82, 2.24) is 5.32 Å². The van der Waals surface area contributed by atoms with E-state index < -0.39 is 12.1 Å². The number of carbonyl (C=O) groups is 2. The highest BCUT2D eigenvalue weighted by Crippen LogP contribution is 2.18. The van der Waals surface area contributed by atoms with Crippen molar-refractivity contribution in [3.63, 3.8) is 0 Å². The molecule has 464 valence electrons. The largest absolute Gasteiger partial charge is 0.466 e. The smallest absolute Gasteiger partial charge is 0.305 e. The number of carbonyl (C=O) groups excluding carboxylic acids is 2. The van der Waals surface area contributed by atoms with Gasteiger partial charge in [-0.15, -0.1) is 0 Å². The van der Waals surface area contributed by atoms with Crippen LogP contribution in [0.1, 0.15) is 380 Å². The molecule has 0 aliphatic rings. The van der Waals surface area contributed by atoms with Gasteiger partial charge in [-0.3, -0.25) is 9.59 Å². The minimum absolute atomic E-state index is 0.00967. The van der Waals surface area contributed by atoms with Crippen molar-refractivity contribution in [1.29, 1.82) is 0 Å². The highest BCUT2D eigenvalue weighted by atomic mass is 16.5. The lowest BCUT2D eigenvalue weighted by Crippen LogP contribution is -2.45. The summed E-state index contributed by atoms with van der Waals surface area (Å²) in [4.78, 5) is 24.6. The molecule has 0 radical (unpaired) electrons. The first kappa shape index (κ1) is 76.8. The maximum atomic E-state index is 12.5. The highest BCUT2D eigenvalue weighted by Gasteiger charge is 2.18. The van der Waals surface area contributed by atoms with Gasteiger partial charge in [0.2, 0.25) is 5.91 Å². The Morgan fingerprint density at radius 1 is 0.354 bits per heavy atom. The van der Waals surface area contributed by atoms with Gasteiger partial charge in [-0.1, -0.05) is 326 Å². The number of hydrogen-bond donors (Lipinski definition) is 3. The van der Waals surface area contributed by atoms with E-state index in [-0.39, 0.29) is 18.5 Å². The van der Waals surface area contributed by atoms with E-state index in [1.165, 1.54) is 302 Å². The van der Waals surface area contributed by atoms with E-state index in [2.05, 4.69) is 55.6 Å². The number of unbranched alkanes of at least 4 members (excludes halogenated alkanes) is 49. The van der Waals surface area contributed by atoms with Gasteiger partial charge >= 0.3 is 5.97 Å². The second kappa shape index (κ2) is 68.3. The first-order valence-electron chi connectivity index (χ1n) is 35.4. The zero-order valence-corrected chi connectivity index (χ0v) is 53.1. The summed E-state index contributed by atoms with van der Waals surface area (Å²) in [6.45, 7) is 4.90. The fourth-order valence-electron chi connectivity index (χ4n) is 10.9. The second-order valence-corrected chi connectivity index (χ2v) is 24.2. The van der Waals surface area contributed by atoms with E-state index in [0.29, 0.717) is 19.4 Å². The van der Waals surface area contributed by atoms with Gasteiger partial charge in [0, 0.05) is 12.8 Å². The molecule has 0 saturated carbocycles. The first-order chi connectivity index (χ1) is 39.0. The minimum atomic E-state index is -0.843. The third-order valence-corrected chi connectivity index (χ3v) is 16.3. The van der Waals surface area contributed by atoms with Gasteiger partial charge in [0.05, 0.1) is 25.4 Å². The average Bonchev–Trinajstić information content (AvgIpc) is 3.45. The van der Waals surface area contributed by atoms with Crippen LogP contribution in [-0.4, -0.2) is 47.4 Å². The normalized spacial score (nSPS) is 12.8. The summed E-state index contributed by atoms with van der Waals surface area (Å²) in [6, 6.07) is -0.626. The minimum Gasteiger partial charge on any atom is -0.466 e. The van der Waals surface area contributed by atoms with Crippen molar-refractivity contribution < 1.29 is 24.5 Å². The van der Waals surface area contributed by atoms with Crippen LogP contribution in [-0.2, 0) is 14.3 Å². The average molecular weight is 1110 g/mol. The van der Waals surface area contributed by atoms with Gasteiger partial charge in [0.1, 0.15) is 0 Å². The van der Waals surface area contributed by atoms with Gasteiger partial charge in [-0.05, 0) is 89.9 Å². The van der Waals surface area contributed by atoms with E-state index in [4.69, 9.17) is 4.74 Å². The molecule has 0 rings (SSSR count). The molecule has 79 heavy (non-hydrogen) atoms. The number of ether oxygens (including phenoxy) is 1. The monoisotopic (exact) mass is 1110 g/mol. The zero-order chi connectivity index (χ0) is 57.1. The molecule has 6 nitrogen and oxygen atoms in total. The van der Waals surface area contributed by atoms with Gasteiger partial charge < -0.3 is 20.3 Å². The molecule has 0 aliphatic heterocycles. The Kier molecular flexibility index (Phi) is 66.4. The molecular formula is C73H137NO5. The van der Waals surface area contributed by atoms with Gasteiger partial charge in [0.15, 0.2) is 0 Å². The lowest BCUT2D eigenvalue weighted by atomic mass is 10.0. The lowest BCUT2D eigenvalue weighted by Gasteiger charge is -2.20. The van der Waals surface area contributed by atoms with Crippen LogP contribution in [0.3, 0.4) is 0 Å². The molecule has 0 saturated heterocycles. The Hall–Kier alpha value is -2.18. The number of amides is 1. The van der Waals surface area contributed by atoms with E-state index >= 15 is 0 Å². The van der Waals surface area contributed by atoms with Crippen LogP contribution in [0, 0.1) is 0 Å². The summed E-state index contributed by atoms with van der Waals surface area (Å²) < 4.78 is 5.50. The molecule has 0 spiro atoms. The van der Waals surface area contributed by atoms with Crippen LogP contribution in [0.2, 0.25) is 0 Å². The molecule has 6 heteroatoms. The summed E-state index contributed by atoms with van der Waals surface area (Å²) in [5.41, 5.74) is 0. The van der Waals surface area contributed by atoms with Crippen molar-refractivity contribution in [2.75, 3.05) is 13.2 Å². The molecule has 0 aromatic rings. The number of aliphatic hydroxyl groups is 2. The van der Waals surface area contributed by atoms with Crippen LogP contribution in [0.4, 0.5) is 0 Å². The van der Waals surface area contributed by atoms with Crippen LogP contribution < -0.4 is 5.32 Å². The summed E-state index contributed by atoms with van der Waals surface area (Å²) in [5, 5.41) is 23.1. The van der Waals surface area contributed by atoms with Crippen molar-refractivity contribution in [3.8, 4) is 0 Å². The Morgan fingerprint density at radius 3 is 1.00 bits per heavy atom. The van der Waals surface area contributed by atoms with Crippen molar-refractivity contribution in [3.05, 3.63) is 48.6 Å². The molecule has 0 aromatic carbocycles. The van der Waals surface area contributed by atoms with E-state index in [1.807, 2.05) is 6.08 Å². The Bertz CT molecular complexity index is 1320. The number of nitrogens with one attached hydrogen (secondary N) is 1. The Balaban J connectivity index is 3.37. The number of rotatable bonds is 66. The lowest BCUT2D eigenvalue weighted by molar-refractivity contribution is -0.143. The fraction of sp³-hybridized carbons (Fsp3) is 0.863. The van der Waals surface area contributed by atoms with Crippen LogP contribution in [0.5, 0.6) is 0 Å². The topological polar surface area (TPSA) is 95.9 Å². The Morgan fingerprint density at radius 2 is 0.633 bits per heavy atom. The van der Waals surface area contributed by atoms with Crippen LogP contribution >= 0.6 is 0 Å². The molecule has 0 aromatic heterocycles. The zero-order valence-electron chi connectivity index (χ0n) is 53.1.